The Kier molecular flexibility index (Phi) is 7.21. The molecule has 1 atom stereocenters. The Labute approximate surface area is 159 Å². The van der Waals surface area contributed by atoms with E-state index in [1.165, 1.54) is 9.80 Å². The standard InChI is InChI=1S/C20H28N2O5/c1-14-6-7-17(15(2)11-14)27-10-8-18(23)21(3)13-19(24)22-9-4-5-16(12-22)20(25)26/h6-7,11,16H,4-5,8-10,12-13H2,1-3H3,(H,25,26). The molecule has 2 rings (SSSR count). The van der Waals surface area contributed by atoms with Gasteiger partial charge in [0.25, 0.3) is 0 Å². The van der Waals surface area contributed by atoms with Crippen LogP contribution in [0, 0.1) is 19.8 Å². The van der Waals surface area contributed by atoms with Crippen LogP contribution in [0.15, 0.2) is 18.2 Å². The van der Waals surface area contributed by atoms with Gasteiger partial charge in [0, 0.05) is 20.1 Å². The van der Waals surface area contributed by atoms with Gasteiger partial charge in [0.2, 0.25) is 11.8 Å². The number of amides is 2. The molecule has 148 valence electrons. The average molecular weight is 376 g/mol. The maximum Gasteiger partial charge on any atom is 0.308 e. The fourth-order valence-corrected chi connectivity index (χ4v) is 3.20. The highest BCUT2D eigenvalue weighted by molar-refractivity contribution is 5.85. The number of hydrogen-bond donors (Lipinski definition) is 1. The van der Waals surface area contributed by atoms with Crippen LogP contribution in [0.4, 0.5) is 0 Å². The van der Waals surface area contributed by atoms with Crippen LogP contribution in [0.5, 0.6) is 5.75 Å². The molecule has 2 amide bonds. The summed E-state index contributed by atoms with van der Waals surface area (Å²) in [6.45, 7) is 4.92. The third-order valence-corrected chi connectivity index (χ3v) is 4.83. The van der Waals surface area contributed by atoms with Crippen molar-refractivity contribution in [1.29, 1.82) is 0 Å². The van der Waals surface area contributed by atoms with Gasteiger partial charge in [-0.3, -0.25) is 14.4 Å². The normalized spacial score (nSPS) is 16.7. The first-order chi connectivity index (χ1) is 12.8. The second-order valence-electron chi connectivity index (χ2n) is 7.13. The summed E-state index contributed by atoms with van der Waals surface area (Å²) in [6, 6.07) is 5.86. The van der Waals surface area contributed by atoms with E-state index in [1.807, 2.05) is 32.0 Å². The summed E-state index contributed by atoms with van der Waals surface area (Å²) in [5.41, 5.74) is 2.17. The maximum atomic E-state index is 12.4. The first-order valence-corrected chi connectivity index (χ1v) is 9.22. The van der Waals surface area contributed by atoms with Crippen LogP contribution in [-0.4, -0.2) is 66.0 Å². The molecule has 1 saturated heterocycles. The fraction of sp³-hybridized carbons (Fsp3) is 0.550. The van der Waals surface area contributed by atoms with Crippen molar-refractivity contribution in [3.8, 4) is 5.75 Å². The molecular formula is C20H28N2O5. The van der Waals surface area contributed by atoms with Gasteiger partial charge in [0.1, 0.15) is 5.75 Å². The van der Waals surface area contributed by atoms with Crippen molar-refractivity contribution in [3.05, 3.63) is 29.3 Å². The minimum absolute atomic E-state index is 0.0469. The van der Waals surface area contributed by atoms with E-state index in [-0.39, 0.29) is 37.9 Å². The van der Waals surface area contributed by atoms with Crippen LogP contribution in [0.2, 0.25) is 0 Å². The second kappa shape index (κ2) is 9.39. The van der Waals surface area contributed by atoms with E-state index in [1.54, 1.807) is 7.05 Å². The van der Waals surface area contributed by atoms with Gasteiger partial charge >= 0.3 is 5.97 Å². The zero-order valence-corrected chi connectivity index (χ0v) is 16.2. The summed E-state index contributed by atoms with van der Waals surface area (Å²) in [5.74, 6) is -1.04. The lowest BCUT2D eigenvalue weighted by molar-refractivity contribution is -0.147. The predicted octanol–water partition coefficient (Wildman–Crippen LogP) is 1.85. The molecule has 0 bridgehead atoms. The topological polar surface area (TPSA) is 87.2 Å². The van der Waals surface area contributed by atoms with Crippen molar-refractivity contribution in [1.82, 2.24) is 9.80 Å². The number of likely N-dealkylation sites (N-methyl/N-ethyl adjacent to an activating group) is 1. The molecule has 7 nitrogen and oxygen atoms in total. The van der Waals surface area contributed by atoms with Crippen molar-refractivity contribution < 1.29 is 24.2 Å². The van der Waals surface area contributed by atoms with E-state index in [9.17, 15) is 14.4 Å². The molecule has 0 radical (unpaired) electrons. The van der Waals surface area contributed by atoms with E-state index in [4.69, 9.17) is 9.84 Å². The quantitative estimate of drug-likeness (QED) is 0.785. The Morgan fingerprint density at radius 2 is 2.04 bits per heavy atom. The van der Waals surface area contributed by atoms with E-state index >= 15 is 0 Å². The van der Waals surface area contributed by atoms with Gasteiger partial charge in [-0.05, 0) is 38.3 Å². The molecular weight excluding hydrogens is 348 g/mol. The molecule has 1 aromatic rings. The number of carboxylic acids is 1. The maximum absolute atomic E-state index is 12.4. The summed E-state index contributed by atoms with van der Waals surface area (Å²) in [7, 11) is 1.58. The van der Waals surface area contributed by atoms with Gasteiger partial charge in [0.15, 0.2) is 0 Å². The van der Waals surface area contributed by atoms with Crippen molar-refractivity contribution in [2.75, 3.05) is 33.3 Å². The highest BCUT2D eigenvalue weighted by Gasteiger charge is 2.28. The summed E-state index contributed by atoms with van der Waals surface area (Å²) in [4.78, 5) is 38.6. The van der Waals surface area contributed by atoms with Crippen molar-refractivity contribution in [3.63, 3.8) is 0 Å². The largest absolute Gasteiger partial charge is 0.493 e. The Hall–Kier alpha value is -2.57. The summed E-state index contributed by atoms with van der Waals surface area (Å²) < 4.78 is 5.67. The highest BCUT2D eigenvalue weighted by atomic mass is 16.5. The van der Waals surface area contributed by atoms with Gasteiger partial charge in [-0.15, -0.1) is 0 Å². The van der Waals surface area contributed by atoms with Gasteiger partial charge in [-0.2, -0.15) is 0 Å². The number of aryl methyl sites for hydroxylation is 2. The third kappa shape index (κ3) is 5.98. The number of carbonyl (C=O) groups is 3. The van der Waals surface area contributed by atoms with E-state index in [0.29, 0.717) is 19.4 Å². The summed E-state index contributed by atoms with van der Waals surface area (Å²) >= 11 is 0. The number of aliphatic carboxylic acids is 1. The lowest BCUT2D eigenvalue weighted by atomic mass is 9.98. The number of carboxylic acid groups (broad SMARTS) is 1. The first-order valence-electron chi connectivity index (χ1n) is 9.22. The molecule has 27 heavy (non-hydrogen) atoms. The Morgan fingerprint density at radius 3 is 2.70 bits per heavy atom. The summed E-state index contributed by atoms with van der Waals surface area (Å²) in [6.07, 6.45) is 1.43. The number of ether oxygens (including phenoxy) is 1. The second-order valence-corrected chi connectivity index (χ2v) is 7.13. The molecule has 1 aliphatic heterocycles. The number of benzene rings is 1. The Bertz CT molecular complexity index is 704. The number of rotatable bonds is 7. The Morgan fingerprint density at radius 1 is 1.30 bits per heavy atom. The molecule has 0 spiro atoms. The summed E-state index contributed by atoms with van der Waals surface area (Å²) in [5, 5.41) is 9.12. The molecule has 1 aliphatic rings. The zero-order chi connectivity index (χ0) is 20.0. The number of piperidine rings is 1. The predicted molar refractivity (Wildman–Crippen MR) is 101 cm³/mol. The zero-order valence-electron chi connectivity index (χ0n) is 16.2. The molecule has 0 saturated carbocycles. The van der Waals surface area contributed by atoms with Crippen molar-refractivity contribution >= 4 is 17.8 Å². The lowest BCUT2D eigenvalue weighted by Crippen LogP contribution is -2.47. The molecule has 1 heterocycles. The number of likely N-dealkylation sites (tertiary alicyclic amines) is 1. The first kappa shape index (κ1) is 20.7. The molecule has 0 aliphatic carbocycles. The molecule has 1 N–H and O–H groups in total. The average Bonchev–Trinajstić information content (AvgIpc) is 2.63. The van der Waals surface area contributed by atoms with Gasteiger partial charge < -0.3 is 19.6 Å². The van der Waals surface area contributed by atoms with Crippen LogP contribution < -0.4 is 4.74 Å². The number of nitrogens with zero attached hydrogens (tertiary/aromatic N) is 2. The SMILES string of the molecule is Cc1ccc(OCCC(=O)N(C)CC(=O)N2CCCC(C(=O)O)C2)c(C)c1. The van der Waals surface area contributed by atoms with Crippen LogP contribution in [0.3, 0.4) is 0 Å². The van der Waals surface area contributed by atoms with Crippen molar-refractivity contribution in [2.45, 2.75) is 33.1 Å². The van der Waals surface area contributed by atoms with Crippen LogP contribution in [0.25, 0.3) is 0 Å². The van der Waals surface area contributed by atoms with E-state index in [2.05, 4.69) is 0 Å². The van der Waals surface area contributed by atoms with E-state index < -0.39 is 11.9 Å². The van der Waals surface area contributed by atoms with E-state index in [0.717, 1.165) is 16.9 Å². The molecule has 1 aromatic carbocycles. The van der Waals surface area contributed by atoms with Gasteiger partial charge in [-0.1, -0.05) is 17.7 Å². The number of carbonyl (C=O) groups excluding carboxylic acids is 2. The third-order valence-electron chi connectivity index (χ3n) is 4.83. The minimum Gasteiger partial charge on any atom is -0.493 e. The molecule has 1 fully saturated rings. The monoisotopic (exact) mass is 376 g/mol. The minimum atomic E-state index is -0.875. The fourth-order valence-electron chi connectivity index (χ4n) is 3.20. The van der Waals surface area contributed by atoms with Crippen molar-refractivity contribution in [2.24, 2.45) is 5.92 Å². The smallest absolute Gasteiger partial charge is 0.308 e. The number of hydrogen-bond acceptors (Lipinski definition) is 4. The highest BCUT2D eigenvalue weighted by Crippen LogP contribution is 2.19. The lowest BCUT2D eigenvalue weighted by Gasteiger charge is -2.32. The van der Waals surface area contributed by atoms with Crippen LogP contribution >= 0.6 is 0 Å². The van der Waals surface area contributed by atoms with Gasteiger partial charge in [0.05, 0.1) is 25.5 Å². The molecule has 1 unspecified atom stereocenters. The Balaban J connectivity index is 1.77. The van der Waals surface area contributed by atoms with Crippen LogP contribution in [0.1, 0.15) is 30.4 Å². The molecule has 7 heteroatoms. The molecule has 0 aromatic heterocycles. The van der Waals surface area contributed by atoms with Gasteiger partial charge in [-0.25, -0.2) is 0 Å². The van der Waals surface area contributed by atoms with Crippen LogP contribution in [-0.2, 0) is 14.4 Å².